The van der Waals surface area contributed by atoms with Crippen molar-refractivity contribution in [3.05, 3.63) is 155 Å². The maximum Gasteiger partial charge on any atom is 4.00 e. The smallest absolute Gasteiger partial charge is 0.495 e. The van der Waals surface area contributed by atoms with Gasteiger partial charge in [-0.25, -0.2) is 41.8 Å². The van der Waals surface area contributed by atoms with Gasteiger partial charge in [0.05, 0.1) is 25.6 Å². The van der Waals surface area contributed by atoms with Crippen LogP contribution in [0.15, 0.2) is 97.1 Å². The molecule has 0 aliphatic carbocycles. The Balaban J connectivity index is 0.000000235. The minimum Gasteiger partial charge on any atom is -0.495 e. The van der Waals surface area contributed by atoms with E-state index in [9.17, 15) is 17.6 Å². The van der Waals surface area contributed by atoms with Gasteiger partial charge in [0.1, 0.15) is 11.5 Å². The second-order valence-electron chi connectivity index (χ2n) is 9.49. The molecular formula is C36H34F4N2O2Ti. The number of methoxy groups -OCH3 is 2. The number of benzene rings is 2. The summed E-state index contributed by atoms with van der Waals surface area (Å²) >= 11 is 0. The van der Waals surface area contributed by atoms with Crippen molar-refractivity contribution in [2.75, 3.05) is 14.2 Å². The first-order valence-corrected chi connectivity index (χ1v) is 13.6. The number of hydrogen-bond acceptors (Lipinski definition) is 2. The van der Waals surface area contributed by atoms with Crippen molar-refractivity contribution in [3.63, 3.8) is 0 Å². The van der Waals surface area contributed by atoms with E-state index in [1.165, 1.54) is 24.3 Å². The molecule has 0 fully saturated rings. The van der Waals surface area contributed by atoms with Gasteiger partial charge >= 0.3 is 21.7 Å². The van der Waals surface area contributed by atoms with Crippen LogP contribution in [0.4, 0.5) is 17.6 Å². The molecule has 6 aromatic rings. The van der Waals surface area contributed by atoms with Crippen molar-refractivity contribution < 1.29 is 48.8 Å². The molecule has 0 unspecified atom stereocenters. The largest absolute Gasteiger partial charge is 4.00 e. The molecule has 0 atom stereocenters. The molecule has 6 rings (SSSR count). The second-order valence-corrected chi connectivity index (χ2v) is 9.49. The molecule has 2 heterocycles. The van der Waals surface area contributed by atoms with Crippen LogP contribution in [0.25, 0.3) is 11.4 Å². The van der Waals surface area contributed by atoms with Crippen LogP contribution in [0.5, 0.6) is 11.5 Å². The van der Waals surface area contributed by atoms with E-state index < -0.39 is 23.3 Å². The average Bonchev–Trinajstić information content (AvgIpc) is 3.82. The third kappa shape index (κ3) is 9.86. The van der Waals surface area contributed by atoms with Gasteiger partial charge in [-0.1, -0.05) is 0 Å². The Bertz CT molecular complexity index is 1560. The molecule has 0 amide bonds. The van der Waals surface area contributed by atoms with Gasteiger partial charge in [0.15, 0.2) is 0 Å². The molecule has 9 heteroatoms. The molecule has 0 aliphatic heterocycles. The first kappa shape index (κ1) is 36.9. The predicted octanol–water partition coefficient (Wildman–Crippen LogP) is 9.17. The maximum absolute atomic E-state index is 13.7. The summed E-state index contributed by atoms with van der Waals surface area (Å²) in [6.07, 6.45) is 0. The van der Waals surface area contributed by atoms with Crippen LogP contribution in [0.2, 0.25) is 0 Å². The Hall–Kier alpha value is -4.27. The predicted molar refractivity (Wildman–Crippen MR) is 165 cm³/mol. The summed E-state index contributed by atoms with van der Waals surface area (Å²) in [6.45, 7) is 7.29. The van der Waals surface area contributed by atoms with Gasteiger partial charge in [0, 0.05) is 46.8 Å². The summed E-state index contributed by atoms with van der Waals surface area (Å²) in [5, 5.41) is 0. The zero-order chi connectivity index (χ0) is 32.2. The van der Waals surface area contributed by atoms with E-state index in [-0.39, 0.29) is 33.1 Å². The molecule has 0 aliphatic rings. The monoisotopic (exact) mass is 650 g/mol. The van der Waals surface area contributed by atoms with Gasteiger partial charge in [-0.15, -0.1) is 36.4 Å². The average molecular weight is 651 g/mol. The number of aryl methyl sites for hydroxylation is 2. The zero-order valence-corrected chi connectivity index (χ0v) is 27.5. The number of aromatic nitrogens is 2. The Morgan fingerprint density at radius 3 is 1.13 bits per heavy atom. The minimum absolute atomic E-state index is 0. The first-order chi connectivity index (χ1) is 21.1. The van der Waals surface area contributed by atoms with Crippen LogP contribution >= 0.6 is 0 Å². The van der Waals surface area contributed by atoms with Gasteiger partial charge in [-0.3, -0.25) is 0 Å². The number of halogens is 4. The topological polar surface area (TPSA) is 28.3 Å². The van der Waals surface area contributed by atoms with E-state index in [4.69, 9.17) is 9.47 Å². The molecule has 4 nitrogen and oxygen atoms in total. The van der Waals surface area contributed by atoms with Gasteiger partial charge < -0.3 is 18.6 Å². The molecule has 0 N–H and O–H groups in total. The molecule has 2 aromatic heterocycles. The molecule has 0 spiro atoms. The Labute approximate surface area is 277 Å². The fraction of sp³-hybridized carbons (Fsp3) is 0.167. The van der Waals surface area contributed by atoms with Gasteiger partial charge in [0.25, 0.3) is 0 Å². The van der Waals surface area contributed by atoms with Gasteiger partial charge in [0.2, 0.25) is 0 Å². The van der Waals surface area contributed by atoms with Crippen molar-refractivity contribution in [1.82, 2.24) is 9.13 Å². The molecule has 0 saturated carbocycles. The van der Waals surface area contributed by atoms with Crippen LogP contribution in [0.3, 0.4) is 0 Å². The third-order valence-electron chi connectivity index (χ3n) is 6.49. The molecule has 0 bridgehead atoms. The Morgan fingerprint density at radius 1 is 0.578 bits per heavy atom. The van der Waals surface area contributed by atoms with E-state index in [0.717, 1.165) is 22.8 Å². The molecule has 232 valence electrons. The fourth-order valence-electron chi connectivity index (χ4n) is 4.48. The number of hydrogen-bond donors (Lipinski definition) is 0. The van der Waals surface area contributed by atoms with Crippen LogP contribution < -0.4 is 9.47 Å². The Kier molecular flexibility index (Phi) is 14.7. The van der Waals surface area contributed by atoms with Crippen molar-refractivity contribution in [2.45, 2.75) is 27.7 Å². The van der Waals surface area contributed by atoms with E-state index in [2.05, 4.69) is 0 Å². The molecular weight excluding hydrogens is 616 g/mol. The fourth-order valence-corrected chi connectivity index (χ4v) is 4.48. The van der Waals surface area contributed by atoms with Crippen LogP contribution in [-0.4, -0.2) is 23.4 Å². The first-order valence-electron chi connectivity index (χ1n) is 13.6. The van der Waals surface area contributed by atoms with E-state index in [1.54, 1.807) is 35.5 Å². The van der Waals surface area contributed by atoms with Crippen molar-refractivity contribution in [2.24, 2.45) is 0 Å². The molecule has 45 heavy (non-hydrogen) atoms. The van der Waals surface area contributed by atoms with E-state index in [1.807, 2.05) is 100 Å². The summed E-state index contributed by atoms with van der Waals surface area (Å²) in [6, 6.07) is 32.8. The molecule has 0 saturated heterocycles. The van der Waals surface area contributed by atoms with Crippen LogP contribution in [-0.2, 0) is 21.7 Å². The SMILES string of the molecule is COc1cc(C)n(-c2ccc(F)[c-]c2F)c1C.COc1cc(C)n(-c2ccc(F)[c-]c2F)c1C.[Ti+4].c1cc[cH-]c1.c1cc[cH-]c1. The van der Waals surface area contributed by atoms with Crippen molar-refractivity contribution in [3.8, 4) is 22.9 Å². The standard InChI is InChI=1S/2C13H12F2NO.2C5H5.Ti/c2*1-8-6-13(17-3)9(2)16(8)12-5-4-10(14)7-11(12)15;2*1-2-4-5-3-1;/h2*4-6H,1-3H3;2*1-5H;/q4*-1;+4. The molecule has 0 radical (unpaired) electrons. The third-order valence-corrected chi connectivity index (χ3v) is 6.49. The van der Waals surface area contributed by atoms with Crippen LogP contribution in [0, 0.1) is 63.1 Å². The van der Waals surface area contributed by atoms with Crippen LogP contribution in [0.1, 0.15) is 22.8 Å². The quantitative estimate of drug-likeness (QED) is 0.108. The number of ether oxygens (including phenoxy) is 2. The number of rotatable bonds is 4. The van der Waals surface area contributed by atoms with Gasteiger partial charge in [-0.05, 0) is 39.1 Å². The summed E-state index contributed by atoms with van der Waals surface area (Å²) < 4.78 is 66.6. The Morgan fingerprint density at radius 2 is 0.911 bits per heavy atom. The van der Waals surface area contributed by atoms with Crippen molar-refractivity contribution in [1.29, 1.82) is 0 Å². The summed E-state index contributed by atoms with van der Waals surface area (Å²) in [7, 11) is 3.11. The summed E-state index contributed by atoms with van der Waals surface area (Å²) in [5.74, 6) is -1.50. The summed E-state index contributed by atoms with van der Waals surface area (Å²) in [5.41, 5.74) is 3.71. The van der Waals surface area contributed by atoms with E-state index in [0.29, 0.717) is 11.5 Å². The van der Waals surface area contributed by atoms with Crippen molar-refractivity contribution >= 4 is 0 Å². The molecule has 4 aromatic carbocycles. The van der Waals surface area contributed by atoms with Gasteiger partial charge in [-0.2, -0.15) is 36.4 Å². The minimum atomic E-state index is -0.713. The zero-order valence-electron chi connectivity index (χ0n) is 26.0. The second kappa shape index (κ2) is 17.9. The maximum atomic E-state index is 13.7. The normalized spacial score (nSPS) is 9.82. The number of nitrogens with zero attached hydrogens (tertiary/aromatic N) is 2. The van der Waals surface area contributed by atoms with E-state index >= 15 is 0 Å². The summed E-state index contributed by atoms with van der Waals surface area (Å²) in [4.78, 5) is 0.